The van der Waals surface area contributed by atoms with Crippen molar-refractivity contribution in [3.8, 4) is 0 Å². The Labute approximate surface area is 201 Å². The smallest absolute Gasteiger partial charge is 0.310 e. The molecule has 184 valence electrons. The Kier molecular flexibility index (Phi) is 7.44. The lowest BCUT2D eigenvalue weighted by Gasteiger charge is -2.37. The lowest BCUT2D eigenvalue weighted by atomic mass is 9.70. The number of nitrogens with zero attached hydrogens (tertiary/aromatic N) is 3. The van der Waals surface area contributed by atoms with Crippen molar-refractivity contribution in [3.63, 3.8) is 0 Å². The van der Waals surface area contributed by atoms with E-state index in [2.05, 4.69) is 27.4 Å². The summed E-state index contributed by atoms with van der Waals surface area (Å²) in [4.78, 5) is 44.6. The standard InChI is InChI=1S/C22H32BrN3O7/c1-2-4-25(7-6-24-8-11-32-12-9-24)20(29)18-22-13-14(23)17(33-22)15(21(30)31)16(22)19(28)26(18)5-3-10-27/h2,14-18,27H,1,3-13H2,(H,30,31)/t14?,15-,16+,17-,18-,22+/m1/s1. The van der Waals surface area contributed by atoms with Crippen LogP contribution in [0.4, 0.5) is 0 Å². The number of rotatable bonds is 10. The average Bonchev–Trinajstić information content (AvgIpc) is 3.39. The molecule has 0 saturated carbocycles. The quantitative estimate of drug-likeness (QED) is 0.288. The molecule has 11 heteroatoms. The number of hydrogen-bond donors (Lipinski definition) is 2. The molecule has 0 radical (unpaired) electrons. The number of hydrogen-bond acceptors (Lipinski definition) is 7. The van der Waals surface area contributed by atoms with Crippen molar-refractivity contribution in [1.82, 2.24) is 14.7 Å². The molecule has 33 heavy (non-hydrogen) atoms. The topological polar surface area (TPSA) is 120 Å². The molecular formula is C22H32BrN3O7. The van der Waals surface area contributed by atoms with Crippen molar-refractivity contribution in [2.24, 2.45) is 11.8 Å². The lowest BCUT2D eigenvalue weighted by molar-refractivity contribution is -0.151. The first-order valence-corrected chi connectivity index (χ1v) is 12.4. The molecule has 1 unspecified atom stereocenters. The summed E-state index contributed by atoms with van der Waals surface area (Å²) in [6, 6.07) is -0.930. The summed E-state index contributed by atoms with van der Waals surface area (Å²) in [7, 11) is 0. The summed E-state index contributed by atoms with van der Waals surface area (Å²) < 4.78 is 11.6. The molecule has 2 bridgehead atoms. The zero-order valence-corrected chi connectivity index (χ0v) is 20.2. The van der Waals surface area contributed by atoms with E-state index in [9.17, 15) is 24.6 Å². The molecule has 4 fully saturated rings. The molecule has 10 nitrogen and oxygen atoms in total. The largest absolute Gasteiger partial charge is 0.481 e. The molecule has 4 heterocycles. The van der Waals surface area contributed by atoms with E-state index in [1.807, 2.05) is 0 Å². The first-order valence-electron chi connectivity index (χ1n) is 11.5. The highest BCUT2D eigenvalue weighted by atomic mass is 79.9. The average molecular weight is 530 g/mol. The second kappa shape index (κ2) is 9.99. The predicted octanol–water partition coefficient (Wildman–Crippen LogP) is -0.452. The van der Waals surface area contributed by atoms with Crippen molar-refractivity contribution in [2.45, 2.75) is 35.4 Å². The second-order valence-electron chi connectivity index (χ2n) is 9.14. The number of alkyl halides is 1. The van der Waals surface area contributed by atoms with Crippen LogP contribution in [0.1, 0.15) is 12.8 Å². The van der Waals surface area contributed by atoms with Crippen LogP contribution in [0.3, 0.4) is 0 Å². The van der Waals surface area contributed by atoms with Gasteiger partial charge in [-0.15, -0.1) is 6.58 Å². The molecule has 0 aromatic carbocycles. The van der Waals surface area contributed by atoms with Gasteiger partial charge in [0.05, 0.1) is 31.2 Å². The lowest BCUT2D eigenvalue weighted by Crippen LogP contribution is -2.57. The van der Waals surface area contributed by atoms with Gasteiger partial charge in [0.2, 0.25) is 11.8 Å². The Hall–Kier alpha value is -1.53. The van der Waals surface area contributed by atoms with Gasteiger partial charge in [0.1, 0.15) is 11.6 Å². The fraction of sp³-hybridized carbons (Fsp3) is 0.773. The minimum absolute atomic E-state index is 0.136. The number of aliphatic carboxylic acids is 1. The van der Waals surface area contributed by atoms with Crippen molar-refractivity contribution in [1.29, 1.82) is 0 Å². The Morgan fingerprint density at radius 1 is 1.30 bits per heavy atom. The zero-order valence-electron chi connectivity index (χ0n) is 18.6. The zero-order chi connectivity index (χ0) is 23.8. The summed E-state index contributed by atoms with van der Waals surface area (Å²) >= 11 is 3.54. The van der Waals surface area contributed by atoms with Crippen LogP contribution in [0.5, 0.6) is 0 Å². The number of morpholine rings is 1. The monoisotopic (exact) mass is 529 g/mol. The molecule has 4 saturated heterocycles. The SMILES string of the molecule is C=CCN(CCN1CCOCC1)C(=O)[C@H]1N(CCCO)C(=O)[C@@H]2[C@@H](C(=O)O)[C@@H]3O[C@@]21CC3Br. The van der Waals surface area contributed by atoms with Crippen LogP contribution in [0.15, 0.2) is 12.7 Å². The molecule has 6 atom stereocenters. The molecule has 0 aromatic heterocycles. The summed E-state index contributed by atoms with van der Waals surface area (Å²) in [6.45, 7) is 8.16. The maximum absolute atomic E-state index is 14.0. The van der Waals surface area contributed by atoms with Crippen LogP contribution in [0.2, 0.25) is 0 Å². The van der Waals surface area contributed by atoms with Gasteiger partial charge in [0.15, 0.2) is 0 Å². The van der Waals surface area contributed by atoms with Gasteiger partial charge >= 0.3 is 5.97 Å². The van der Waals surface area contributed by atoms with E-state index in [0.717, 1.165) is 13.1 Å². The van der Waals surface area contributed by atoms with E-state index < -0.39 is 35.6 Å². The minimum Gasteiger partial charge on any atom is -0.481 e. The molecule has 0 aliphatic carbocycles. The summed E-state index contributed by atoms with van der Waals surface area (Å²) in [6.07, 6.45) is 1.68. The minimum atomic E-state index is -1.19. The van der Waals surface area contributed by atoms with Crippen LogP contribution in [-0.4, -0.2) is 124 Å². The number of fused-ring (bicyclic) bond motifs is 1. The number of ether oxygens (including phenoxy) is 2. The Morgan fingerprint density at radius 3 is 2.67 bits per heavy atom. The van der Waals surface area contributed by atoms with Gasteiger partial charge in [-0.05, 0) is 12.8 Å². The molecule has 4 rings (SSSR count). The molecule has 4 aliphatic heterocycles. The van der Waals surface area contributed by atoms with E-state index in [1.54, 1.807) is 11.0 Å². The molecule has 2 N–H and O–H groups in total. The number of halogens is 1. The van der Waals surface area contributed by atoms with Crippen molar-refractivity contribution in [2.75, 3.05) is 59.1 Å². The number of likely N-dealkylation sites (tertiary alicyclic amines) is 1. The van der Waals surface area contributed by atoms with Crippen molar-refractivity contribution < 1.29 is 34.1 Å². The number of carboxylic acids is 1. The molecular weight excluding hydrogens is 498 g/mol. The van der Waals surface area contributed by atoms with Gasteiger partial charge in [-0.1, -0.05) is 22.0 Å². The van der Waals surface area contributed by atoms with Crippen LogP contribution >= 0.6 is 15.9 Å². The number of aliphatic hydroxyl groups is 1. The summed E-state index contributed by atoms with van der Waals surface area (Å²) in [5.41, 5.74) is -1.19. The van der Waals surface area contributed by atoms with Crippen LogP contribution < -0.4 is 0 Å². The van der Waals surface area contributed by atoms with Gasteiger partial charge in [-0.3, -0.25) is 19.3 Å². The number of carbonyl (C=O) groups is 3. The highest BCUT2D eigenvalue weighted by molar-refractivity contribution is 9.09. The molecule has 0 aromatic rings. The second-order valence-corrected chi connectivity index (χ2v) is 10.3. The van der Waals surface area contributed by atoms with Gasteiger partial charge in [0.25, 0.3) is 0 Å². The molecule has 4 aliphatic rings. The van der Waals surface area contributed by atoms with Gasteiger partial charge in [-0.2, -0.15) is 0 Å². The highest BCUT2D eigenvalue weighted by Crippen LogP contribution is 2.60. The number of carboxylic acid groups (broad SMARTS) is 1. The van der Waals surface area contributed by atoms with E-state index >= 15 is 0 Å². The van der Waals surface area contributed by atoms with E-state index in [0.29, 0.717) is 45.7 Å². The fourth-order valence-corrected chi connectivity index (χ4v) is 6.82. The Morgan fingerprint density at radius 2 is 2.03 bits per heavy atom. The molecule has 2 amide bonds. The van der Waals surface area contributed by atoms with Gasteiger partial charge in [-0.25, -0.2) is 0 Å². The Bertz CT molecular complexity index is 792. The van der Waals surface area contributed by atoms with Crippen molar-refractivity contribution >= 4 is 33.7 Å². The van der Waals surface area contributed by atoms with E-state index in [1.165, 1.54) is 4.90 Å². The number of amides is 2. The van der Waals surface area contributed by atoms with Gasteiger partial charge in [0, 0.05) is 50.7 Å². The fourth-order valence-electron chi connectivity index (χ4n) is 5.88. The van der Waals surface area contributed by atoms with E-state index in [4.69, 9.17) is 9.47 Å². The van der Waals surface area contributed by atoms with Crippen molar-refractivity contribution in [3.05, 3.63) is 12.7 Å². The predicted molar refractivity (Wildman–Crippen MR) is 121 cm³/mol. The maximum Gasteiger partial charge on any atom is 0.310 e. The third-order valence-corrected chi connectivity index (χ3v) is 8.16. The molecule has 1 spiro atoms. The maximum atomic E-state index is 14.0. The first kappa shape index (κ1) is 24.6. The van der Waals surface area contributed by atoms with E-state index in [-0.39, 0.29) is 29.8 Å². The Balaban J connectivity index is 1.62. The van der Waals surface area contributed by atoms with Crippen LogP contribution in [-0.2, 0) is 23.9 Å². The third-order valence-electron chi connectivity index (χ3n) is 7.32. The summed E-state index contributed by atoms with van der Waals surface area (Å²) in [5.74, 6) is -3.64. The third kappa shape index (κ3) is 4.22. The highest BCUT2D eigenvalue weighted by Gasteiger charge is 2.76. The normalized spacial score (nSPS) is 35.6. The van der Waals surface area contributed by atoms with Crippen LogP contribution in [0, 0.1) is 11.8 Å². The number of carbonyl (C=O) groups excluding carboxylic acids is 2. The first-order chi connectivity index (χ1) is 15.9. The van der Waals surface area contributed by atoms with Crippen LogP contribution in [0.25, 0.3) is 0 Å². The van der Waals surface area contributed by atoms with Gasteiger partial charge < -0.3 is 29.5 Å². The summed E-state index contributed by atoms with van der Waals surface area (Å²) in [5, 5.41) is 19.3. The number of aliphatic hydroxyl groups excluding tert-OH is 1.